The van der Waals surface area contributed by atoms with Gasteiger partial charge in [0.1, 0.15) is 6.10 Å². The van der Waals surface area contributed by atoms with Gasteiger partial charge >= 0.3 is 0 Å². The Hall–Kier alpha value is -2.88. The third kappa shape index (κ3) is 4.99. The Morgan fingerprint density at radius 2 is 1.80 bits per heavy atom. The predicted octanol–water partition coefficient (Wildman–Crippen LogP) is 1.95. The van der Waals surface area contributed by atoms with Gasteiger partial charge in [-0.2, -0.15) is 0 Å². The quantitative estimate of drug-likeness (QED) is 0.656. The second kappa shape index (κ2) is 9.29. The number of hydrogen-bond donors (Lipinski definition) is 0. The van der Waals surface area contributed by atoms with Crippen LogP contribution < -0.4 is 13.8 Å². The van der Waals surface area contributed by atoms with Crippen LogP contribution in [0, 0.1) is 0 Å². The largest absolute Gasteiger partial charge is 0.481 e. The van der Waals surface area contributed by atoms with E-state index in [1.54, 1.807) is 36.1 Å². The molecular formula is C20H26N4O5S. The number of aromatic nitrogens is 2. The summed E-state index contributed by atoms with van der Waals surface area (Å²) in [6.07, 6.45) is 4.31. The van der Waals surface area contributed by atoms with Crippen molar-refractivity contribution >= 4 is 21.6 Å². The first-order chi connectivity index (χ1) is 14.3. The Kier molecular flexibility index (Phi) is 6.76. The topological polar surface area (TPSA) is 102 Å². The van der Waals surface area contributed by atoms with Crippen LogP contribution in [0.15, 0.2) is 36.7 Å². The molecule has 0 spiro atoms. The molecule has 1 aliphatic heterocycles. The molecule has 162 valence electrons. The number of piperidine rings is 1. The van der Waals surface area contributed by atoms with Crippen LogP contribution in [-0.2, 0) is 10.0 Å². The van der Waals surface area contributed by atoms with Crippen molar-refractivity contribution in [2.45, 2.75) is 25.9 Å². The molecule has 1 fully saturated rings. The summed E-state index contributed by atoms with van der Waals surface area (Å²) in [5.41, 5.74) is 1.01. The second-order valence-electron chi connectivity index (χ2n) is 6.92. The molecule has 2 aromatic heterocycles. The SMILES string of the molecule is CCS(=O)(=O)N(C)c1ccc(OC2CCN(C(=O)c3ccc(OC)nc3)CC2)nc1. The average molecular weight is 435 g/mol. The van der Waals surface area contributed by atoms with E-state index in [1.807, 2.05) is 0 Å². The van der Waals surface area contributed by atoms with Gasteiger partial charge in [0, 0.05) is 51.3 Å². The van der Waals surface area contributed by atoms with Crippen molar-refractivity contribution in [2.24, 2.45) is 0 Å². The maximum Gasteiger partial charge on any atom is 0.255 e. The molecule has 3 heterocycles. The van der Waals surface area contributed by atoms with Gasteiger partial charge in [0.05, 0.1) is 30.3 Å². The Bertz CT molecular complexity index is 956. The number of carbonyl (C=O) groups excluding carboxylic acids is 1. The van der Waals surface area contributed by atoms with Gasteiger partial charge < -0.3 is 14.4 Å². The summed E-state index contributed by atoms with van der Waals surface area (Å²) >= 11 is 0. The fraction of sp³-hybridized carbons (Fsp3) is 0.450. The molecule has 0 aromatic carbocycles. The summed E-state index contributed by atoms with van der Waals surface area (Å²) < 4.78 is 36.0. The molecule has 0 saturated carbocycles. The molecule has 1 amide bonds. The summed E-state index contributed by atoms with van der Waals surface area (Å²) in [7, 11) is -0.297. The molecule has 3 rings (SSSR count). The first-order valence-electron chi connectivity index (χ1n) is 9.72. The number of hydrogen-bond acceptors (Lipinski definition) is 7. The third-order valence-electron chi connectivity index (χ3n) is 5.08. The number of carbonyl (C=O) groups is 1. The van der Waals surface area contributed by atoms with Crippen molar-refractivity contribution in [3.8, 4) is 11.8 Å². The minimum atomic E-state index is -3.33. The van der Waals surface area contributed by atoms with E-state index >= 15 is 0 Å². The number of methoxy groups -OCH3 is 1. The van der Waals surface area contributed by atoms with Crippen LogP contribution in [0.5, 0.6) is 11.8 Å². The lowest BCUT2D eigenvalue weighted by Crippen LogP contribution is -2.41. The molecule has 30 heavy (non-hydrogen) atoms. The molecule has 0 atom stereocenters. The Morgan fingerprint density at radius 3 is 2.33 bits per heavy atom. The van der Waals surface area contributed by atoms with Gasteiger partial charge in [-0.25, -0.2) is 18.4 Å². The Labute approximate surface area is 176 Å². The van der Waals surface area contributed by atoms with Gasteiger partial charge in [-0.1, -0.05) is 0 Å². The van der Waals surface area contributed by atoms with Gasteiger partial charge in [0.2, 0.25) is 21.8 Å². The van der Waals surface area contributed by atoms with Crippen molar-refractivity contribution in [3.05, 3.63) is 42.2 Å². The molecule has 2 aromatic rings. The van der Waals surface area contributed by atoms with Crippen LogP contribution in [0.2, 0.25) is 0 Å². The second-order valence-corrected chi connectivity index (χ2v) is 9.21. The minimum Gasteiger partial charge on any atom is -0.481 e. The summed E-state index contributed by atoms with van der Waals surface area (Å²) in [6.45, 7) is 2.75. The van der Waals surface area contributed by atoms with Crippen LogP contribution in [0.25, 0.3) is 0 Å². The monoisotopic (exact) mass is 434 g/mol. The normalized spacial score (nSPS) is 15.0. The molecule has 0 bridgehead atoms. The highest BCUT2D eigenvalue weighted by Gasteiger charge is 2.25. The number of amides is 1. The molecule has 10 heteroatoms. The van der Waals surface area contributed by atoms with E-state index < -0.39 is 10.0 Å². The number of sulfonamides is 1. The van der Waals surface area contributed by atoms with Gasteiger partial charge in [-0.3, -0.25) is 9.10 Å². The van der Waals surface area contributed by atoms with Gasteiger partial charge in [0.15, 0.2) is 0 Å². The van der Waals surface area contributed by atoms with E-state index in [2.05, 4.69) is 9.97 Å². The molecular weight excluding hydrogens is 408 g/mol. The van der Waals surface area contributed by atoms with Gasteiger partial charge in [0.25, 0.3) is 5.91 Å². The molecule has 1 aliphatic rings. The molecule has 0 N–H and O–H groups in total. The van der Waals surface area contributed by atoms with Gasteiger partial charge in [-0.05, 0) is 19.1 Å². The van der Waals surface area contributed by atoms with E-state index in [9.17, 15) is 13.2 Å². The first-order valence-corrected chi connectivity index (χ1v) is 11.3. The lowest BCUT2D eigenvalue weighted by atomic mass is 10.1. The lowest BCUT2D eigenvalue weighted by molar-refractivity contribution is 0.0587. The van der Waals surface area contributed by atoms with Gasteiger partial charge in [-0.15, -0.1) is 0 Å². The maximum absolute atomic E-state index is 12.6. The molecule has 1 saturated heterocycles. The van der Waals surface area contributed by atoms with Crippen LogP contribution in [0.1, 0.15) is 30.1 Å². The molecule has 0 aliphatic carbocycles. The zero-order valence-electron chi connectivity index (χ0n) is 17.3. The van der Waals surface area contributed by atoms with Crippen molar-refractivity contribution in [2.75, 3.05) is 37.3 Å². The summed E-state index contributed by atoms with van der Waals surface area (Å²) in [4.78, 5) is 22.7. The van der Waals surface area contributed by atoms with Crippen LogP contribution >= 0.6 is 0 Å². The van der Waals surface area contributed by atoms with E-state index in [-0.39, 0.29) is 17.8 Å². The van der Waals surface area contributed by atoms with Crippen LogP contribution in [0.3, 0.4) is 0 Å². The lowest BCUT2D eigenvalue weighted by Gasteiger charge is -2.32. The zero-order chi connectivity index (χ0) is 21.7. The van der Waals surface area contributed by atoms with Crippen molar-refractivity contribution in [3.63, 3.8) is 0 Å². The maximum atomic E-state index is 12.6. The highest BCUT2D eigenvalue weighted by Crippen LogP contribution is 2.22. The third-order valence-corrected chi connectivity index (χ3v) is 6.85. The smallest absolute Gasteiger partial charge is 0.255 e. The van der Waals surface area contributed by atoms with Crippen molar-refractivity contribution < 1.29 is 22.7 Å². The van der Waals surface area contributed by atoms with Crippen molar-refractivity contribution in [1.82, 2.24) is 14.9 Å². The molecule has 0 unspecified atom stereocenters. The number of rotatable bonds is 7. The molecule has 9 nitrogen and oxygen atoms in total. The minimum absolute atomic E-state index is 0.0195. The fourth-order valence-corrected chi connectivity index (χ4v) is 3.96. The van der Waals surface area contributed by atoms with E-state index in [1.165, 1.54) is 30.9 Å². The number of anilines is 1. The average Bonchev–Trinajstić information content (AvgIpc) is 2.79. The zero-order valence-corrected chi connectivity index (χ0v) is 18.1. The predicted molar refractivity (Wildman–Crippen MR) is 112 cm³/mol. The first kappa shape index (κ1) is 21.8. The van der Waals surface area contributed by atoms with E-state index in [0.29, 0.717) is 48.9 Å². The van der Waals surface area contributed by atoms with Crippen LogP contribution in [0.4, 0.5) is 5.69 Å². The number of pyridine rings is 2. The van der Waals surface area contributed by atoms with E-state index in [4.69, 9.17) is 9.47 Å². The number of likely N-dealkylation sites (tertiary alicyclic amines) is 1. The summed E-state index contributed by atoms with van der Waals surface area (Å²) in [6, 6.07) is 6.71. The van der Waals surface area contributed by atoms with Crippen LogP contribution in [-0.4, -0.2) is 68.3 Å². The Balaban J connectivity index is 1.53. The highest BCUT2D eigenvalue weighted by atomic mass is 32.2. The standard InChI is InChI=1S/C20H26N4O5S/c1-4-30(26,27)23(2)16-6-8-19(22-14-16)29-17-9-11-24(12-10-17)20(25)15-5-7-18(28-3)21-13-15/h5-8,13-14,17H,4,9-12H2,1-3H3. The summed E-state index contributed by atoms with van der Waals surface area (Å²) in [5, 5.41) is 0. The summed E-state index contributed by atoms with van der Waals surface area (Å²) in [5.74, 6) is 0.859. The van der Waals surface area contributed by atoms with E-state index in [0.717, 1.165) is 0 Å². The molecule has 0 radical (unpaired) electrons. The fourth-order valence-electron chi connectivity index (χ4n) is 3.14. The number of ether oxygens (including phenoxy) is 2. The number of nitrogens with zero attached hydrogens (tertiary/aromatic N) is 4. The highest BCUT2D eigenvalue weighted by molar-refractivity contribution is 7.92. The Morgan fingerprint density at radius 1 is 1.13 bits per heavy atom. The van der Waals surface area contributed by atoms with Crippen molar-refractivity contribution in [1.29, 1.82) is 0 Å².